The van der Waals surface area contributed by atoms with Crippen molar-refractivity contribution in [1.29, 1.82) is 0 Å². The maximum atomic E-state index is 12.3. The zero-order valence-electron chi connectivity index (χ0n) is 13.2. The molecular formula is C16H12BN5O3. The van der Waals surface area contributed by atoms with Crippen molar-refractivity contribution in [3.05, 3.63) is 59.9 Å². The predicted molar refractivity (Wildman–Crippen MR) is 90.6 cm³/mol. The summed E-state index contributed by atoms with van der Waals surface area (Å²) in [5.74, 6) is -1.17. The molecule has 8 nitrogen and oxygen atoms in total. The second-order valence-corrected chi connectivity index (χ2v) is 5.19. The van der Waals surface area contributed by atoms with Crippen LogP contribution in [0.2, 0.25) is 0 Å². The molecular weight excluding hydrogens is 321 g/mol. The summed E-state index contributed by atoms with van der Waals surface area (Å²) >= 11 is 0. The van der Waals surface area contributed by atoms with E-state index in [1.807, 2.05) is 0 Å². The largest absolute Gasteiger partial charge is 0.476 e. The van der Waals surface area contributed by atoms with Gasteiger partial charge in [-0.2, -0.15) is 5.10 Å². The Bertz CT molecular complexity index is 935. The molecule has 3 rings (SSSR count). The van der Waals surface area contributed by atoms with E-state index in [4.69, 9.17) is 7.85 Å². The number of nitrogens with zero attached hydrogens (tertiary/aromatic N) is 4. The summed E-state index contributed by atoms with van der Waals surface area (Å²) < 4.78 is 1.15. The Labute approximate surface area is 144 Å². The number of benzene rings is 1. The lowest BCUT2D eigenvalue weighted by Gasteiger charge is -2.07. The Morgan fingerprint density at radius 1 is 1.12 bits per heavy atom. The van der Waals surface area contributed by atoms with Gasteiger partial charge in [0.25, 0.3) is 5.91 Å². The van der Waals surface area contributed by atoms with Gasteiger partial charge in [0, 0.05) is 5.56 Å². The highest BCUT2D eigenvalue weighted by atomic mass is 16.4. The maximum absolute atomic E-state index is 12.3. The number of aryl methyl sites for hydroxylation is 1. The lowest BCUT2D eigenvalue weighted by Crippen LogP contribution is -2.16. The van der Waals surface area contributed by atoms with E-state index in [0.29, 0.717) is 22.5 Å². The average Bonchev–Trinajstić information content (AvgIpc) is 3.00. The Morgan fingerprint density at radius 3 is 2.36 bits per heavy atom. The third kappa shape index (κ3) is 3.39. The number of carbonyl (C=O) groups is 2. The fourth-order valence-electron chi connectivity index (χ4n) is 2.17. The zero-order valence-corrected chi connectivity index (χ0v) is 13.2. The molecule has 3 aromatic rings. The van der Waals surface area contributed by atoms with Crippen molar-refractivity contribution in [3.8, 4) is 5.69 Å². The van der Waals surface area contributed by atoms with Crippen molar-refractivity contribution >= 4 is 30.9 Å². The topological polar surface area (TPSA) is 110 Å². The molecule has 0 atom stereocenters. The zero-order chi connectivity index (χ0) is 18.0. The smallest absolute Gasteiger partial charge is 0.356 e. The van der Waals surface area contributed by atoms with Crippen LogP contribution in [0, 0.1) is 6.92 Å². The Hall–Kier alpha value is -3.49. The van der Waals surface area contributed by atoms with Gasteiger partial charge in [-0.15, -0.1) is 0 Å². The first kappa shape index (κ1) is 16.4. The molecule has 0 aliphatic carbocycles. The molecule has 0 saturated heterocycles. The van der Waals surface area contributed by atoms with Crippen LogP contribution >= 0.6 is 0 Å². The summed E-state index contributed by atoms with van der Waals surface area (Å²) in [6, 6.07) is 6.26. The summed E-state index contributed by atoms with van der Waals surface area (Å²) in [4.78, 5) is 32.0. The molecule has 2 radical (unpaired) electrons. The molecule has 1 amide bonds. The first-order chi connectivity index (χ1) is 12.0. The highest BCUT2D eigenvalue weighted by molar-refractivity contribution is 6.32. The number of carbonyl (C=O) groups excluding carboxylic acids is 1. The highest BCUT2D eigenvalue weighted by Gasteiger charge is 2.21. The van der Waals surface area contributed by atoms with Gasteiger partial charge >= 0.3 is 5.97 Å². The minimum atomic E-state index is -1.24. The third-order valence-corrected chi connectivity index (χ3v) is 3.40. The number of nitrogens with one attached hydrogen (secondary N) is 1. The van der Waals surface area contributed by atoms with Gasteiger partial charge < -0.3 is 10.4 Å². The van der Waals surface area contributed by atoms with Gasteiger partial charge in [0.2, 0.25) is 0 Å². The summed E-state index contributed by atoms with van der Waals surface area (Å²) in [6.45, 7) is 1.71. The first-order valence-electron chi connectivity index (χ1n) is 7.23. The number of amides is 1. The average molecular weight is 333 g/mol. The fraction of sp³-hybridized carbons (Fsp3) is 0.0625. The van der Waals surface area contributed by atoms with Gasteiger partial charge in [0.1, 0.15) is 19.4 Å². The third-order valence-electron chi connectivity index (χ3n) is 3.40. The maximum Gasteiger partial charge on any atom is 0.356 e. The monoisotopic (exact) mass is 333 g/mol. The van der Waals surface area contributed by atoms with E-state index in [1.165, 1.54) is 18.6 Å². The molecule has 0 aliphatic rings. The van der Waals surface area contributed by atoms with E-state index < -0.39 is 11.9 Å². The van der Waals surface area contributed by atoms with Gasteiger partial charge in [-0.1, -0.05) is 29.7 Å². The van der Waals surface area contributed by atoms with E-state index in [2.05, 4.69) is 20.4 Å². The predicted octanol–water partition coefficient (Wildman–Crippen LogP) is 0.715. The van der Waals surface area contributed by atoms with Crippen molar-refractivity contribution in [2.45, 2.75) is 6.92 Å². The molecule has 1 aromatic carbocycles. The Balaban J connectivity index is 1.94. The second-order valence-electron chi connectivity index (χ2n) is 5.19. The fourth-order valence-corrected chi connectivity index (χ4v) is 2.17. The first-order valence-corrected chi connectivity index (χ1v) is 7.23. The van der Waals surface area contributed by atoms with Gasteiger partial charge in [-0.25, -0.2) is 19.4 Å². The number of carboxylic acid groups (broad SMARTS) is 1. The number of anilines is 1. The summed E-state index contributed by atoms with van der Waals surface area (Å²) in [5, 5.41) is 16.1. The number of carboxylic acids is 1. The van der Waals surface area contributed by atoms with Crippen LogP contribution in [0.3, 0.4) is 0 Å². The van der Waals surface area contributed by atoms with Crippen LogP contribution in [0.4, 0.5) is 5.69 Å². The number of rotatable bonds is 4. The van der Waals surface area contributed by atoms with Crippen LogP contribution in [0.15, 0.2) is 42.9 Å². The Kier molecular flexibility index (Phi) is 4.30. The lowest BCUT2D eigenvalue weighted by atomic mass is 9.95. The molecule has 0 fully saturated rings. The minimum Gasteiger partial charge on any atom is -0.476 e. The van der Waals surface area contributed by atoms with Crippen LogP contribution in [-0.2, 0) is 0 Å². The van der Waals surface area contributed by atoms with Crippen LogP contribution in [-0.4, -0.2) is 44.6 Å². The van der Waals surface area contributed by atoms with Gasteiger partial charge in [0.05, 0.1) is 24.3 Å². The molecule has 0 unspecified atom stereocenters. The molecule has 0 bridgehead atoms. The van der Waals surface area contributed by atoms with E-state index >= 15 is 0 Å². The molecule has 0 aliphatic heterocycles. The standard InChI is InChI=1S/C16H12BN5O3/c1-9-18-6-12(7-19-9)22-14(16(24)25)13(8-20-22)21-15(23)10-2-4-11(17)5-3-10/h2-8H,1H3,(H,21,23)(H,24,25). The lowest BCUT2D eigenvalue weighted by molar-refractivity contribution is 0.0688. The van der Waals surface area contributed by atoms with Gasteiger partial charge in [-0.05, 0) is 6.92 Å². The van der Waals surface area contributed by atoms with Crippen molar-refractivity contribution in [2.24, 2.45) is 0 Å². The molecule has 2 aromatic heterocycles. The van der Waals surface area contributed by atoms with Crippen molar-refractivity contribution in [1.82, 2.24) is 19.7 Å². The molecule has 2 heterocycles. The van der Waals surface area contributed by atoms with Crippen LogP contribution < -0.4 is 10.8 Å². The van der Waals surface area contributed by atoms with E-state index in [0.717, 1.165) is 4.68 Å². The molecule has 9 heteroatoms. The summed E-state index contributed by atoms with van der Waals surface area (Å²) in [6.07, 6.45) is 4.17. The van der Waals surface area contributed by atoms with Crippen LogP contribution in [0.1, 0.15) is 26.7 Å². The molecule has 25 heavy (non-hydrogen) atoms. The number of aromatic nitrogens is 4. The molecule has 0 spiro atoms. The van der Waals surface area contributed by atoms with E-state index in [9.17, 15) is 14.7 Å². The summed E-state index contributed by atoms with van der Waals surface area (Å²) in [7, 11) is 5.59. The van der Waals surface area contributed by atoms with E-state index in [1.54, 1.807) is 31.2 Å². The van der Waals surface area contributed by atoms with Crippen molar-refractivity contribution in [2.75, 3.05) is 5.32 Å². The van der Waals surface area contributed by atoms with Gasteiger partial charge in [0.15, 0.2) is 5.69 Å². The van der Waals surface area contributed by atoms with E-state index in [-0.39, 0.29) is 11.4 Å². The second kappa shape index (κ2) is 6.56. The van der Waals surface area contributed by atoms with Crippen LogP contribution in [0.25, 0.3) is 5.69 Å². The van der Waals surface area contributed by atoms with Crippen LogP contribution in [0.5, 0.6) is 0 Å². The summed E-state index contributed by atoms with van der Waals surface area (Å²) in [5.41, 5.74) is 1.11. The van der Waals surface area contributed by atoms with Gasteiger partial charge in [-0.3, -0.25) is 4.79 Å². The highest BCUT2D eigenvalue weighted by Crippen LogP contribution is 2.19. The van der Waals surface area contributed by atoms with Crippen molar-refractivity contribution in [3.63, 3.8) is 0 Å². The number of hydrogen-bond acceptors (Lipinski definition) is 5. The molecule has 122 valence electrons. The molecule has 2 N–H and O–H groups in total. The minimum absolute atomic E-state index is 0.0647. The normalized spacial score (nSPS) is 10.4. The number of aromatic carboxylic acids is 1. The van der Waals surface area contributed by atoms with Crippen molar-refractivity contribution < 1.29 is 14.7 Å². The SMILES string of the molecule is [B]c1ccc(C(=O)Nc2cnn(-c3cnc(C)nc3)c2C(=O)O)cc1. The quantitative estimate of drug-likeness (QED) is 0.681. The Morgan fingerprint density at radius 2 is 1.76 bits per heavy atom. The molecule has 0 saturated carbocycles. The number of hydrogen-bond donors (Lipinski definition) is 2.